The maximum atomic E-state index is 11.2. The minimum atomic E-state index is 0.0128. The number of allylic oxidation sites excluding steroid dienone is 1. The summed E-state index contributed by atoms with van der Waals surface area (Å²) >= 11 is 0. The van der Waals surface area contributed by atoms with Crippen LogP contribution in [0.2, 0.25) is 0 Å². The number of aromatic nitrogens is 1. The van der Waals surface area contributed by atoms with Gasteiger partial charge in [-0.25, -0.2) is 4.79 Å². The zero-order valence-electron chi connectivity index (χ0n) is 7.27. The summed E-state index contributed by atoms with van der Waals surface area (Å²) in [5.41, 5.74) is 1.87. The molecule has 0 fully saturated rings. The number of carbonyl (C=O) groups is 1. The van der Waals surface area contributed by atoms with Gasteiger partial charge in [-0.15, -0.1) is 0 Å². The van der Waals surface area contributed by atoms with Crippen LogP contribution in [-0.4, -0.2) is 28.2 Å². The zero-order valence-corrected chi connectivity index (χ0v) is 7.27. The van der Waals surface area contributed by atoms with E-state index in [4.69, 9.17) is 0 Å². The molecule has 1 aromatic heterocycles. The van der Waals surface area contributed by atoms with Gasteiger partial charge in [0.25, 0.3) is 0 Å². The van der Waals surface area contributed by atoms with Crippen molar-refractivity contribution in [2.24, 2.45) is 0 Å². The smallest absolute Gasteiger partial charge is 0.264 e. The van der Waals surface area contributed by atoms with Gasteiger partial charge in [0, 0.05) is 18.5 Å². The number of hydrogen-bond donors (Lipinski definition) is 0. The number of hydrogen-bond acceptors (Lipinski definition) is 2. The second-order valence-corrected chi connectivity index (χ2v) is 2.86. The molecule has 2 rings (SSSR count). The van der Waals surface area contributed by atoms with E-state index in [0.29, 0.717) is 0 Å². The molecule has 0 N–H and O–H groups in total. The van der Waals surface area contributed by atoms with Crippen molar-refractivity contribution >= 4 is 11.6 Å². The summed E-state index contributed by atoms with van der Waals surface area (Å²) in [4.78, 5) is 15.2. The molecular weight excluding hydrogens is 164 g/mol. The summed E-state index contributed by atoms with van der Waals surface area (Å²) in [6, 6.07) is 3.79. The van der Waals surface area contributed by atoms with Gasteiger partial charge in [0.05, 0.1) is 11.6 Å². The first-order chi connectivity index (χ1) is 6.29. The number of carbonyl (C=O) groups excluding carboxylic acids is 1. The largest absolute Gasteiger partial charge is 0.412 e. The highest BCUT2D eigenvalue weighted by molar-refractivity contribution is 6.12. The molecule has 0 atom stereocenters. The first kappa shape index (κ1) is 7.86. The molecule has 1 aliphatic heterocycles. The molecule has 1 aromatic rings. The Labute approximate surface area is 76.0 Å². The first-order valence-electron chi connectivity index (χ1n) is 4.02. The molecular formula is C10H9N2O+. The minimum Gasteiger partial charge on any atom is -0.264 e. The fourth-order valence-electron chi connectivity index (χ4n) is 1.30. The lowest BCUT2D eigenvalue weighted by Crippen LogP contribution is -2.16. The Morgan fingerprint density at radius 3 is 2.77 bits per heavy atom. The third-order valence-corrected chi connectivity index (χ3v) is 2.03. The van der Waals surface area contributed by atoms with E-state index in [0.717, 1.165) is 11.3 Å². The van der Waals surface area contributed by atoms with Gasteiger partial charge in [-0.2, -0.15) is 4.58 Å². The van der Waals surface area contributed by atoms with E-state index in [2.05, 4.69) is 4.98 Å². The summed E-state index contributed by atoms with van der Waals surface area (Å²) in [6.07, 6.45) is 6.82. The van der Waals surface area contributed by atoms with E-state index < -0.39 is 0 Å². The highest BCUT2D eigenvalue weighted by atomic mass is 16.2. The molecule has 0 radical (unpaired) electrons. The number of pyridine rings is 1. The predicted molar refractivity (Wildman–Crippen MR) is 48.7 cm³/mol. The number of likely N-dealkylation sites (N-methyl/N-ethyl adjacent to an activating group) is 1. The van der Waals surface area contributed by atoms with Gasteiger partial charge in [0.2, 0.25) is 5.71 Å². The van der Waals surface area contributed by atoms with Crippen molar-refractivity contribution in [3.8, 4) is 0 Å². The Morgan fingerprint density at radius 1 is 1.38 bits per heavy atom. The van der Waals surface area contributed by atoms with Crippen LogP contribution in [0.5, 0.6) is 0 Å². The quantitative estimate of drug-likeness (QED) is 0.583. The Balaban J connectivity index is 2.50. The van der Waals surface area contributed by atoms with Crippen LogP contribution in [0.1, 0.15) is 5.56 Å². The molecule has 13 heavy (non-hydrogen) atoms. The molecule has 0 aliphatic carbocycles. The van der Waals surface area contributed by atoms with Gasteiger partial charge in [-0.3, -0.25) is 4.98 Å². The lowest BCUT2D eigenvalue weighted by molar-refractivity contribution is -0.409. The molecule has 3 heteroatoms. The lowest BCUT2D eigenvalue weighted by atomic mass is 10.2. The number of nitrogens with zero attached hydrogens (tertiary/aromatic N) is 2. The summed E-state index contributed by atoms with van der Waals surface area (Å²) in [7, 11) is 1.75. The fraction of sp³-hybridized carbons (Fsp3) is 0.100. The van der Waals surface area contributed by atoms with E-state index in [9.17, 15) is 4.79 Å². The Morgan fingerprint density at radius 2 is 2.23 bits per heavy atom. The summed E-state index contributed by atoms with van der Waals surface area (Å²) < 4.78 is 1.61. The number of rotatable bonds is 1. The van der Waals surface area contributed by atoms with Crippen molar-refractivity contribution in [1.29, 1.82) is 0 Å². The van der Waals surface area contributed by atoms with Crippen molar-refractivity contribution in [2.45, 2.75) is 0 Å². The summed E-state index contributed by atoms with van der Waals surface area (Å²) in [6.45, 7) is 0. The second kappa shape index (κ2) is 2.94. The van der Waals surface area contributed by atoms with Crippen LogP contribution in [0.3, 0.4) is 0 Å². The van der Waals surface area contributed by atoms with Crippen LogP contribution >= 0.6 is 0 Å². The molecule has 1 amide bonds. The van der Waals surface area contributed by atoms with Crippen molar-refractivity contribution in [1.82, 2.24) is 4.98 Å². The molecule has 0 saturated heterocycles. The molecule has 64 valence electrons. The Bertz CT molecular complexity index is 404. The standard InChI is InChI=1S/C10H9N2O/c1-12-9(4-5-10(12)13)8-3-2-6-11-7-8/h2-7H,1H3/q+1. The Hall–Kier alpha value is -1.77. The summed E-state index contributed by atoms with van der Waals surface area (Å²) in [5.74, 6) is 0.0128. The van der Waals surface area contributed by atoms with Gasteiger partial charge >= 0.3 is 5.91 Å². The van der Waals surface area contributed by atoms with Crippen molar-refractivity contribution in [3.63, 3.8) is 0 Å². The topological polar surface area (TPSA) is 33.0 Å². The van der Waals surface area contributed by atoms with Crippen LogP contribution in [0.15, 0.2) is 36.7 Å². The van der Waals surface area contributed by atoms with Crippen molar-refractivity contribution in [2.75, 3.05) is 7.05 Å². The van der Waals surface area contributed by atoms with E-state index in [1.54, 1.807) is 36.2 Å². The van der Waals surface area contributed by atoms with Crippen LogP contribution < -0.4 is 0 Å². The molecule has 3 nitrogen and oxygen atoms in total. The van der Waals surface area contributed by atoms with E-state index in [-0.39, 0.29) is 5.91 Å². The third-order valence-electron chi connectivity index (χ3n) is 2.03. The zero-order chi connectivity index (χ0) is 9.26. The van der Waals surface area contributed by atoms with Gasteiger partial charge in [-0.1, -0.05) is 0 Å². The van der Waals surface area contributed by atoms with Crippen LogP contribution in [0.4, 0.5) is 0 Å². The van der Waals surface area contributed by atoms with Crippen molar-refractivity contribution < 1.29 is 9.37 Å². The fourth-order valence-corrected chi connectivity index (χ4v) is 1.30. The van der Waals surface area contributed by atoms with Crippen LogP contribution in [0, 0.1) is 0 Å². The maximum Gasteiger partial charge on any atom is 0.412 e. The molecule has 1 aliphatic rings. The highest BCUT2D eigenvalue weighted by Gasteiger charge is 2.22. The number of amides is 1. The predicted octanol–water partition coefficient (Wildman–Crippen LogP) is 0.609. The van der Waals surface area contributed by atoms with Gasteiger partial charge < -0.3 is 0 Å². The average Bonchev–Trinajstić information content (AvgIpc) is 2.49. The molecule has 0 bridgehead atoms. The normalized spacial score (nSPS) is 15.6. The van der Waals surface area contributed by atoms with Crippen LogP contribution in [0.25, 0.3) is 0 Å². The first-order valence-corrected chi connectivity index (χ1v) is 4.02. The highest BCUT2D eigenvalue weighted by Crippen LogP contribution is 2.04. The molecule has 0 unspecified atom stereocenters. The third kappa shape index (κ3) is 1.28. The minimum absolute atomic E-state index is 0.0128. The molecule has 2 heterocycles. The van der Waals surface area contributed by atoms with Crippen molar-refractivity contribution in [3.05, 3.63) is 42.2 Å². The monoisotopic (exact) mass is 173 g/mol. The Kier molecular flexibility index (Phi) is 1.77. The molecule has 0 saturated carbocycles. The van der Waals surface area contributed by atoms with Gasteiger partial charge in [0.15, 0.2) is 0 Å². The maximum absolute atomic E-state index is 11.2. The van der Waals surface area contributed by atoms with Gasteiger partial charge in [0.1, 0.15) is 7.05 Å². The average molecular weight is 173 g/mol. The molecule has 0 spiro atoms. The second-order valence-electron chi connectivity index (χ2n) is 2.86. The van der Waals surface area contributed by atoms with E-state index in [1.807, 2.05) is 12.1 Å². The molecule has 0 aromatic carbocycles. The van der Waals surface area contributed by atoms with E-state index >= 15 is 0 Å². The lowest BCUT2D eigenvalue weighted by Gasteiger charge is -1.93. The van der Waals surface area contributed by atoms with Gasteiger partial charge in [-0.05, 0) is 12.1 Å². The SMILES string of the molecule is C[N+]1=C(c2cccnc2)C=CC1=O. The van der Waals surface area contributed by atoms with Crippen LogP contribution in [-0.2, 0) is 4.79 Å². The van der Waals surface area contributed by atoms with E-state index in [1.165, 1.54) is 0 Å². The summed E-state index contributed by atoms with van der Waals surface area (Å²) in [5, 5.41) is 0.